The van der Waals surface area contributed by atoms with E-state index in [1.807, 2.05) is 0 Å². The Morgan fingerprint density at radius 3 is 2.71 bits per heavy atom. The summed E-state index contributed by atoms with van der Waals surface area (Å²) in [6, 6.07) is 1.16. The normalized spacial score (nSPS) is 14.8. The van der Waals surface area contributed by atoms with E-state index in [1.54, 1.807) is 0 Å². The zero-order valence-electron chi connectivity index (χ0n) is 7.09. The number of carbonyl (C=O) groups excluding carboxylic acids is 1. The lowest BCUT2D eigenvalue weighted by molar-refractivity contribution is -0.132. The molecule has 0 aliphatic rings. The Labute approximate surface area is 79.0 Å². The fourth-order valence-corrected chi connectivity index (χ4v) is 0.951. The Balaban J connectivity index is 2.94. The molecule has 1 aromatic rings. The highest BCUT2D eigenvalue weighted by Gasteiger charge is 2.25. The Morgan fingerprint density at radius 2 is 2.21 bits per heavy atom. The maximum absolute atomic E-state index is 13.0. The van der Waals surface area contributed by atoms with Crippen molar-refractivity contribution in [2.45, 2.75) is 12.2 Å². The Kier molecular flexibility index (Phi) is 3.10. The SMILES string of the molecule is NC(=O)C(O)C(O)c1ccncc1F. The monoisotopic (exact) mass is 200 g/mol. The van der Waals surface area contributed by atoms with Gasteiger partial charge in [0.15, 0.2) is 6.10 Å². The number of amides is 1. The van der Waals surface area contributed by atoms with E-state index in [0.29, 0.717) is 0 Å². The molecular formula is C8H9FN2O3. The summed E-state index contributed by atoms with van der Waals surface area (Å²) in [5.41, 5.74) is 4.52. The predicted octanol–water partition coefficient (Wildman–Crippen LogP) is -0.900. The molecule has 5 nitrogen and oxygen atoms in total. The summed E-state index contributed by atoms with van der Waals surface area (Å²) in [6.07, 6.45) is -1.40. The van der Waals surface area contributed by atoms with E-state index >= 15 is 0 Å². The van der Waals surface area contributed by atoms with Crippen molar-refractivity contribution < 1.29 is 19.4 Å². The first kappa shape index (κ1) is 10.6. The van der Waals surface area contributed by atoms with Crippen molar-refractivity contribution in [1.29, 1.82) is 0 Å². The number of primary amides is 1. The molecule has 0 fully saturated rings. The summed E-state index contributed by atoms with van der Waals surface area (Å²) in [5.74, 6) is -1.92. The first-order valence-corrected chi connectivity index (χ1v) is 3.79. The quantitative estimate of drug-likeness (QED) is 0.589. The van der Waals surface area contributed by atoms with Gasteiger partial charge in [-0.2, -0.15) is 0 Å². The zero-order valence-corrected chi connectivity index (χ0v) is 7.09. The summed E-state index contributed by atoms with van der Waals surface area (Å²) in [7, 11) is 0. The largest absolute Gasteiger partial charge is 0.385 e. The number of hydrogen-bond acceptors (Lipinski definition) is 4. The zero-order chi connectivity index (χ0) is 10.7. The maximum atomic E-state index is 13.0. The van der Waals surface area contributed by atoms with Crippen LogP contribution in [-0.2, 0) is 4.79 Å². The molecule has 0 radical (unpaired) electrons. The van der Waals surface area contributed by atoms with E-state index in [0.717, 1.165) is 12.3 Å². The first-order chi connectivity index (χ1) is 6.54. The summed E-state index contributed by atoms with van der Waals surface area (Å²) in [6.45, 7) is 0. The van der Waals surface area contributed by atoms with E-state index in [9.17, 15) is 14.3 Å². The van der Waals surface area contributed by atoms with Crippen LogP contribution in [0.1, 0.15) is 11.7 Å². The van der Waals surface area contributed by atoms with Crippen LogP contribution in [0.2, 0.25) is 0 Å². The predicted molar refractivity (Wildman–Crippen MR) is 44.4 cm³/mol. The van der Waals surface area contributed by atoms with Crippen molar-refractivity contribution in [2.24, 2.45) is 5.73 Å². The van der Waals surface area contributed by atoms with Crippen molar-refractivity contribution in [1.82, 2.24) is 4.98 Å². The van der Waals surface area contributed by atoms with E-state index < -0.39 is 23.9 Å². The van der Waals surface area contributed by atoms with E-state index in [1.165, 1.54) is 6.20 Å². The van der Waals surface area contributed by atoms with Crippen molar-refractivity contribution in [3.63, 3.8) is 0 Å². The summed E-state index contributed by atoms with van der Waals surface area (Å²) in [4.78, 5) is 13.9. The van der Waals surface area contributed by atoms with Gasteiger partial charge in [-0.1, -0.05) is 0 Å². The average Bonchev–Trinajstić information content (AvgIpc) is 2.16. The standard InChI is InChI=1S/C8H9FN2O3/c9-5-3-11-2-1-4(5)6(12)7(13)8(10)14/h1-3,6-7,12-13H,(H2,10,14). The first-order valence-electron chi connectivity index (χ1n) is 3.79. The van der Waals surface area contributed by atoms with Gasteiger partial charge in [-0.15, -0.1) is 0 Å². The molecule has 14 heavy (non-hydrogen) atoms. The van der Waals surface area contributed by atoms with Crippen LogP contribution < -0.4 is 5.73 Å². The van der Waals surface area contributed by atoms with Crippen molar-refractivity contribution in [3.05, 3.63) is 29.8 Å². The summed E-state index contributed by atoms with van der Waals surface area (Å²) in [5, 5.41) is 18.4. The number of nitrogens with two attached hydrogens (primary N) is 1. The number of pyridine rings is 1. The van der Waals surface area contributed by atoms with Gasteiger partial charge < -0.3 is 15.9 Å². The highest BCUT2D eigenvalue weighted by Crippen LogP contribution is 2.18. The molecule has 0 aromatic carbocycles. The molecule has 0 saturated heterocycles. The van der Waals surface area contributed by atoms with E-state index in [4.69, 9.17) is 10.8 Å². The van der Waals surface area contributed by atoms with Crippen LogP contribution in [0.4, 0.5) is 4.39 Å². The van der Waals surface area contributed by atoms with E-state index in [2.05, 4.69) is 4.98 Å². The number of rotatable bonds is 3. The van der Waals surface area contributed by atoms with Gasteiger partial charge >= 0.3 is 0 Å². The lowest BCUT2D eigenvalue weighted by Gasteiger charge is -2.14. The number of hydrogen-bond donors (Lipinski definition) is 3. The molecule has 0 aliphatic heterocycles. The highest BCUT2D eigenvalue weighted by atomic mass is 19.1. The lowest BCUT2D eigenvalue weighted by atomic mass is 10.1. The van der Waals surface area contributed by atoms with Crippen LogP contribution in [0, 0.1) is 5.82 Å². The molecule has 1 heterocycles. The number of carbonyl (C=O) groups is 1. The fourth-order valence-electron chi connectivity index (χ4n) is 0.951. The molecule has 2 atom stereocenters. The second-order valence-electron chi connectivity index (χ2n) is 2.69. The Hall–Kier alpha value is -1.53. The third kappa shape index (κ3) is 2.04. The molecule has 6 heteroatoms. The van der Waals surface area contributed by atoms with Gasteiger partial charge in [-0.25, -0.2) is 4.39 Å². The molecule has 0 saturated carbocycles. The Morgan fingerprint density at radius 1 is 1.57 bits per heavy atom. The topological polar surface area (TPSA) is 96.4 Å². The lowest BCUT2D eigenvalue weighted by Crippen LogP contribution is -2.34. The minimum absolute atomic E-state index is 0.216. The smallest absolute Gasteiger partial charge is 0.249 e. The molecule has 1 aromatic heterocycles. The molecule has 1 rings (SSSR count). The number of aromatic nitrogens is 1. The number of aliphatic hydroxyl groups excluding tert-OH is 2. The maximum Gasteiger partial charge on any atom is 0.249 e. The highest BCUT2D eigenvalue weighted by molar-refractivity contribution is 5.79. The third-order valence-corrected chi connectivity index (χ3v) is 1.71. The third-order valence-electron chi connectivity index (χ3n) is 1.71. The average molecular weight is 200 g/mol. The van der Waals surface area contributed by atoms with Crippen LogP contribution in [0.5, 0.6) is 0 Å². The van der Waals surface area contributed by atoms with Crippen molar-refractivity contribution >= 4 is 5.91 Å². The molecule has 0 spiro atoms. The van der Waals surface area contributed by atoms with Gasteiger partial charge in [0.1, 0.15) is 11.9 Å². The number of aliphatic hydroxyl groups is 2. The van der Waals surface area contributed by atoms with Gasteiger partial charge in [0, 0.05) is 11.8 Å². The van der Waals surface area contributed by atoms with Crippen LogP contribution in [0.3, 0.4) is 0 Å². The molecule has 2 unspecified atom stereocenters. The van der Waals surface area contributed by atoms with Crippen molar-refractivity contribution in [3.8, 4) is 0 Å². The van der Waals surface area contributed by atoms with Gasteiger partial charge in [-0.3, -0.25) is 9.78 Å². The minimum atomic E-state index is -1.83. The van der Waals surface area contributed by atoms with Gasteiger partial charge in [0.25, 0.3) is 0 Å². The minimum Gasteiger partial charge on any atom is -0.385 e. The number of nitrogens with zero attached hydrogens (tertiary/aromatic N) is 1. The summed E-state index contributed by atoms with van der Waals surface area (Å²) < 4.78 is 13.0. The van der Waals surface area contributed by atoms with E-state index in [-0.39, 0.29) is 5.56 Å². The second kappa shape index (κ2) is 4.12. The molecular weight excluding hydrogens is 191 g/mol. The fraction of sp³-hybridized carbons (Fsp3) is 0.250. The van der Waals surface area contributed by atoms with Gasteiger partial charge in [0.05, 0.1) is 6.20 Å². The Bertz CT molecular complexity index is 345. The van der Waals surface area contributed by atoms with Gasteiger partial charge in [-0.05, 0) is 6.07 Å². The molecule has 0 aliphatic carbocycles. The second-order valence-corrected chi connectivity index (χ2v) is 2.69. The van der Waals surface area contributed by atoms with Gasteiger partial charge in [0.2, 0.25) is 5.91 Å². The van der Waals surface area contributed by atoms with Crippen LogP contribution in [0.25, 0.3) is 0 Å². The summed E-state index contributed by atoms with van der Waals surface area (Å²) >= 11 is 0. The molecule has 0 bridgehead atoms. The van der Waals surface area contributed by atoms with Crippen molar-refractivity contribution in [2.75, 3.05) is 0 Å². The molecule has 76 valence electrons. The van der Waals surface area contributed by atoms with Crippen LogP contribution in [-0.4, -0.2) is 27.2 Å². The van der Waals surface area contributed by atoms with Crippen LogP contribution in [0.15, 0.2) is 18.5 Å². The molecule has 1 amide bonds. The molecule has 4 N–H and O–H groups in total. The van der Waals surface area contributed by atoms with Crippen LogP contribution >= 0.6 is 0 Å². The number of halogens is 1.